The van der Waals surface area contributed by atoms with Gasteiger partial charge in [0.1, 0.15) is 5.75 Å². The van der Waals surface area contributed by atoms with Crippen LogP contribution >= 0.6 is 12.2 Å². The van der Waals surface area contributed by atoms with Gasteiger partial charge in [0.05, 0.1) is 18.7 Å². The van der Waals surface area contributed by atoms with Crippen LogP contribution < -0.4 is 15.4 Å². The second-order valence-electron chi connectivity index (χ2n) is 9.96. The molecule has 33 heavy (non-hydrogen) atoms. The first-order valence-corrected chi connectivity index (χ1v) is 12.9. The van der Waals surface area contributed by atoms with Crippen LogP contribution in [0.5, 0.6) is 5.75 Å². The number of methoxy groups -OCH3 is 1. The quantitative estimate of drug-likeness (QED) is 0.465. The molecule has 176 valence electrons. The largest absolute Gasteiger partial charge is 0.497 e. The SMILES string of the molecule is C=CC1CN2CCC1C[C@@H]2[C@H](NC(=S)NC1CCCCC1)c1ccnc2ccc(OC)cc12. The van der Waals surface area contributed by atoms with Crippen LogP contribution in [0.4, 0.5) is 0 Å². The van der Waals surface area contributed by atoms with E-state index in [1.807, 2.05) is 18.3 Å². The van der Waals surface area contributed by atoms with E-state index < -0.39 is 0 Å². The normalized spacial score (nSPS) is 28.3. The second-order valence-corrected chi connectivity index (χ2v) is 10.4. The molecule has 1 aromatic carbocycles. The predicted octanol–water partition coefficient (Wildman–Crippen LogP) is 4.98. The van der Waals surface area contributed by atoms with Crippen LogP contribution in [0.1, 0.15) is 56.6 Å². The van der Waals surface area contributed by atoms with Crippen molar-refractivity contribution in [2.45, 2.75) is 63.1 Å². The van der Waals surface area contributed by atoms with Gasteiger partial charge in [-0.05, 0) is 86.1 Å². The molecular weight excluding hydrogens is 428 g/mol. The number of aromatic nitrogens is 1. The molecule has 0 spiro atoms. The number of ether oxygens (including phenoxy) is 1. The summed E-state index contributed by atoms with van der Waals surface area (Å²) in [6.45, 7) is 6.34. The minimum atomic E-state index is 0.0970. The van der Waals surface area contributed by atoms with Gasteiger partial charge in [0.2, 0.25) is 0 Å². The maximum absolute atomic E-state index is 5.89. The van der Waals surface area contributed by atoms with E-state index >= 15 is 0 Å². The van der Waals surface area contributed by atoms with Gasteiger partial charge in [-0.1, -0.05) is 25.3 Å². The zero-order chi connectivity index (χ0) is 22.8. The zero-order valence-corrected chi connectivity index (χ0v) is 20.4. The van der Waals surface area contributed by atoms with Gasteiger partial charge in [0.15, 0.2) is 5.11 Å². The molecule has 2 bridgehead atoms. The lowest BCUT2D eigenvalue weighted by Gasteiger charge is -2.52. The number of nitrogens with zero attached hydrogens (tertiary/aromatic N) is 2. The fourth-order valence-electron chi connectivity index (χ4n) is 6.27. The molecule has 6 heteroatoms. The van der Waals surface area contributed by atoms with E-state index in [4.69, 9.17) is 17.0 Å². The Morgan fingerprint density at radius 1 is 1.24 bits per heavy atom. The minimum absolute atomic E-state index is 0.0970. The third kappa shape index (κ3) is 4.73. The molecule has 3 saturated heterocycles. The topological polar surface area (TPSA) is 49.4 Å². The highest BCUT2D eigenvalue weighted by Gasteiger charge is 2.43. The lowest BCUT2D eigenvalue weighted by Crippen LogP contribution is -2.58. The van der Waals surface area contributed by atoms with Gasteiger partial charge in [0, 0.05) is 30.2 Å². The fourth-order valence-corrected chi connectivity index (χ4v) is 6.56. The minimum Gasteiger partial charge on any atom is -0.497 e. The van der Waals surface area contributed by atoms with E-state index in [1.54, 1.807) is 7.11 Å². The number of thiocarbonyl (C=S) groups is 1. The van der Waals surface area contributed by atoms with Gasteiger partial charge in [-0.3, -0.25) is 9.88 Å². The van der Waals surface area contributed by atoms with E-state index in [0.29, 0.717) is 23.9 Å². The number of pyridine rings is 1. The third-order valence-electron chi connectivity index (χ3n) is 8.08. The summed E-state index contributed by atoms with van der Waals surface area (Å²) < 4.78 is 5.55. The zero-order valence-electron chi connectivity index (χ0n) is 19.6. The highest BCUT2D eigenvalue weighted by atomic mass is 32.1. The van der Waals surface area contributed by atoms with E-state index in [2.05, 4.69) is 45.3 Å². The highest BCUT2D eigenvalue weighted by molar-refractivity contribution is 7.80. The molecule has 5 atom stereocenters. The highest BCUT2D eigenvalue weighted by Crippen LogP contribution is 2.42. The number of piperidine rings is 3. The lowest BCUT2D eigenvalue weighted by atomic mass is 9.73. The van der Waals surface area contributed by atoms with Gasteiger partial charge in [-0.2, -0.15) is 0 Å². The molecule has 0 radical (unpaired) electrons. The molecule has 1 aliphatic carbocycles. The average molecular weight is 465 g/mol. The summed E-state index contributed by atoms with van der Waals surface area (Å²) in [6, 6.07) is 9.29. The Bertz CT molecular complexity index is 1000. The van der Waals surface area contributed by atoms with Crippen molar-refractivity contribution in [3.05, 3.63) is 48.7 Å². The van der Waals surface area contributed by atoms with Crippen molar-refractivity contribution in [1.29, 1.82) is 0 Å². The molecule has 1 aromatic heterocycles. The summed E-state index contributed by atoms with van der Waals surface area (Å²) in [7, 11) is 1.72. The van der Waals surface area contributed by atoms with Crippen molar-refractivity contribution in [3.63, 3.8) is 0 Å². The van der Waals surface area contributed by atoms with Crippen LogP contribution in [-0.4, -0.2) is 47.3 Å². The van der Waals surface area contributed by atoms with Gasteiger partial charge in [0.25, 0.3) is 0 Å². The van der Waals surface area contributed by atoms with Crippen molar-refractivity contribution in [2.24, 2.45) is 11.8 Å². The van der Waals surface area contributed by atoms with Crippen molar-refractivity contribution < 1.29 is 4.74 Å². The summed E-state index contributed by atoms with van der Waals surface area (Å²) in [5.74, 6) is 2.15. The smallest absolute Gasteiger partial charge is 0.167 e. The summed E-state index contributed by atoms with van der Waals surface area (Å²) in [6.07, 6.45) is 12.9. The maximum atomic E-state index is 5.89. The van der Waals surface area contributed by atoms with E-state index in [-0.39, 0.29) is 6.04 Å². The molecular formula is C27H36N4OS. The number of hydrogen-bond acceptors (Lipinski definition) is 4. The Morgan fingerprint density at radius 2 is 2.09 bits per heavy atom. The van der Waals surface area contributed by atoms with Crippen molar-refractivity contribution in [1.82, 2.24) is 20.5 Å². The monoisotopic (exact) mass is 464 g/mol. The first-order chi connectivity index (χ1) is 16.2. The average Bonchev–Trinajstić information content (AvgIpc) is 2.87. The van der Waals surface area contributed by atoms with Crippen LogP contribution in [-0.2, 0) is 0 Å². The third-order valence-corrected chi connectivity index (χ3v) is 8.32. The summed E-state index contributed by atoms with van der Waals surface area (Å²) in [5, 5.41) is 9.34. The van der Waals surface area contributed by atoms with Gasteiger partial charge in [-0.15, -0.1) is 6.58 Å². The van der Waals surface area contributed by atoms with Crippen LogP contribution in [0.3, 0.4) is 0 Å². The molecule has 6 rings (SSSR count). The number of fused-ring (bicyclic) bond motifs is 4. The molecule has 4 heterocycles. The Kier molecular flexibility index (Phi) is 6.84. The number of hydrogen-bond donors (Lipinski definition) is 2. The molecule has 2 N–H and O–H groups in total. The van der Waals surface area contributed by atoms with Crippen LogP contribution in [0.15, 0.2) is 43.1 Å². The van der Waals surface area contributed by atoms with Gasteiger partial charge in [-0.25, -0.2) is 0 Å². The lowest BCUT2D eigenvalue weighted by molar-refractivity contribution is 0.00426. The first kappa shape index (κ1) is 22.6. The van der Waals surface area contributed by atoms with Gasteiger partial charge < -0.3 is 15.4 Å². The van der Waals surface area contributed by atoms with Crippen LogP contribution in [0, 0.1) is 11.8 Å². The predicted molar refractivity (Wildman–Crippen MR) is 139 cm³/mol. The van der Waals surface area contributed by atoms with Crippen molar-refractivity contribution >= 4 is 28.2 Å². The molecule has 3 aliphatic heterocycles. The molecule has 0 amide bonds. The summed E-state index contributed by atoms with van der Waals surface area (Å²) in [5.41, 5.74) is 2.24. The number of nitrogens with one attached hydrogen (secondary N) is 2. The van der Waals surface area contributed by atoms with Crippen molar-refractivity contribution in [2.75, 3.05) is 20.2 Å². The Labute approximate surface area is 203 Å². The molecule has 4 fully saturated rings. The van der Waals surface area contributed by atoms with E-state index in [9.17, 15) is 0 Å². The molecule has 5 nitrogen and oxygen atoms in total. The second kappa shape index (κ2) is 9.98. The molecule has 2 aromatic rings. The number of benzene rings is 1. The Morgan fingerprint density at radius 3 is 2.82 bits per heavy atom. The van der Waals surface area contributed by atoms with Crippen LogP contribution in [0.2, 0.25) is 0 Å². The molecule has 4 aliphatic rings. The standard InChI is InChI=1S/C27H36N4OS/c1-3-18-17-31-14-12-19(18)15-25(31)26(30-27(33)29-20-7-5-4-6-8-20)22-11-13-28-24-10-9-21(32-2)16-23(22)24/h3,9-11,13,16,18-20,25-26H,1,4-8,12,14-15,17H2,2H3,(H2,29,30,33)/t18?,19?,25-,26-/m1/s1. The van der Waals surface area contributed by atoms with Crippen molar-refractivity contribution in [3.8, 4) is 5.75 Å². The van der Waals surface area contributed by atoms with E-state index in [0.717, 1.165) is 41.3 Å². The Balaban J connectivity index is 1.47. The first-order valence-electron chi connectivity index (χ1n) is 12.5. The van der Waals surface area contributed by atoms with Crippen LogP contribution in [0.25, 0.3) is 10.9 Å². The molecule has 1 saturated carbocycles. The molecule has 3 unspecified atom stereocenters. The maximum Gasteiger partial charge on any atom is 0.167 e. The van der Waals surface area contributed by atoms with Gasteiger partial charge >= 0.3 is 0 Å². The number of rotatable bonds is 6. The Hall–Kier alpha value is -2.18. The fraction of sp³-hybridized carbons (Fsp3) is 0.556. The van der Waals surface area contributed by atoms with E-state index in [1.165, 1.54) is 44.1 Å². The summed E-state index contributed by atoms with van der Waals surface area (Å²) >= 11 is 5.89. The summed E-state index contributed by atoms with van der Waals surface area (Å²) in [4.78, 5) is 7.28.